The number of hydrogen-bond donors (Lipinski definition) is 1. The molecule has 2 saturated heterocycles. The number of esters is 1. The third-order valence-electron chi connectivity index (χ3n) is 3.95. The van der Waals surface area contributed by atoms with E-state index in [2.05, 4.69) is 10.2 Å². The first-order chi connectivity index (χ1) is 9.74. The van der Waals surface area contributed by atoms with E-state index in [1.54, 1.807) is 0 Å². The fourth-order valence-corrected chi connectivity index (χ4v) is 2.97. The number of carbonyl (C=O) groups excluding carboxylic acids is 2. The molecular formula is C15H18N2O3. The van der Waals surface area contributed by atoms with Crippen LogP contribution in [0.3, 0.4) is 0 Å². The molecule has 1 aromatic carbocycles. The van der Waals surface area contributed by atoms with Gasteiger partial charge in [-0.1, -0.05) is 18.2 Å². The predicted molar refractivity (Wildman–Crippen MR) is 74.2 cm³/mol. The zero-order valence-electron chi connectivity index (χ0n) is 11.2. The fraction of sp³-hybridized carbons (Fsp3) is 0.467. The van der Waals surface area contributed by atoms with Gasteiger partial charge in [0.25, 0.3) is 0 Å². The van der Waals surface area contributed by atoms with Gasteiger partial charge < -0.3 is 10.1 Å². The summed E-state index contributed by atoms with van der Waals surface area (Å²) in [5.41, 5.74) is 0.750. The van der Waals surface area contributed by atoms with Crippen LogP contribution in [0.15, 0.2) is 30.3 Å². The predicted octanol–water partition coefficient (Wildman–Crippen LogP) is 1.40. The topological polar surface area (TPSA) is 58.6 Å². The van der Waals surface area contributed by atoms with Crippen LogP contribution < -0.4 is 5.32 Å². The van der Waals surface area contributed by atoms with Crippen LogP contribution in [0.5, 0.6) is 0 Å². The number of para-hydroxylation sites is 1. The summed E-state index contributed by atoms with van der Waals surface area (Å²) in [5, 5.41) is 2.82. The lowest BCUT2D eigenvalue weighted by molar-refractivity contribution is -0.161. The number of rotatable bonds is 3. The van der Waals surface area contributed by atoms with Crippen molar-refractivity contribution >= 4 is 17.6 Å². The highest BCUT2D eigenvalue weighted by molar-refractivity contribution is 5.94. The van der Waals surface area contributed by atoms with E-state index in [4.69, 9.17) is 4.74 Å². The van der Waals surface area contributed by atoms with Crippen LogP contribution in [0.25, 0.3) is 0 Å². The lowest BCUT2D eigenvalue weighted by atomic mass is 10.1. The van der Waals surface area contributed by atoms with Gasteiger partial charge in [-0.3, -0.25) is 14.5 Å². The normalized spacial score (nSPS) is 25.9. The molecule has 0 spiro atoms. The van der Waals surface area contributed by atoms with Gasteiger partial charge in [-0.2, -0.15) is 0 Å². The molecule has 1 amide bonds. The lowest BCUT2D eigenvalue weighted by Crippen LogP contribution is -2.52. The molecule has 0 unspecified atom stereocenters. The smallest absolute Gasteiger partial charge is 0.323 e. The Morgan fingerprint density at radius 3 is 2.95 bits per heavy atom. The molecule has 5 heteroatoms. The van der Waals surface area contributed by atoms with E-state index in [0.717, 1.165) is 25.1 Å². The Balaban J connectivity index is 1.63. The van der Waals surface area contributed by atoms with Crippen molar-refractivity contribution in [3.8, 4) is 0 Å². The largest absolute Gasteiger partial charge is 0.463 e. The number of hydrogen-bond acceptors (Lipinski definition) is 4. The maximum atomic E-state index is 12.1. The third-order valence-corrected chi connectivity index (χ3v) is 3.95. The highest BCUT2D eigenvalue weighted by Gasteiger charge is 2.41. The Morgan fingerprint density at radius 2 is 2.15 bits per heavy atom. The minimum Gasteiger partial charge on any atom is -0.463 e. The van der Waals surface area contributed by atoms with Crippen molar-refractivity contribution in [2.24, 2.45) is 0 Å². The van der Waals surface area contributed by atoms with Crippen molar-refractivity contribution in [1.82, 2.24) is 4.90 Å². The first-order valence-electron chi connectivity index (χ1n) is 7.01. The summed E-state index contributed by atoms with van der Waals surface area (Å²) in [6.07, 6.45) is 2.27. The van der Waals surface area contributed by atoms with Gasteiger partial charge in [-0.15, -0.1) is 0 Å². The number of fused-ring (bicyclic) bond motifs is 1. The van der Waals surface area contributed by atoms with E-state index < -0.39 is 6.04 Å². The van der Waals surface area contributed by atoms with Gasteiger partial charge in [-0.25, -0.2) is 0 Å². The van der Waals surface area contributed by atoms with E-state index in [9.17, 15) is 9.59 Å². The molecule has 2 heterocycles. The first kappa shape index (κ1) is 13.1. The molecule has 20 heavy (non-hydrogen) atoms. The van der Waals surface area contributed by atoms with Gasteiger partial charge in [0.15, 0.2) is 0 Å². The summed E-state index contributed by atoms with van der Waals surface area (Å²) in [6, 6.07) is 9.14. The van der Waals surface area contributed by atoms with E-state index in [0.29, 0.717) is 12.6 Å². The quantitative estimate of drug-likeness (QED) is 0.847. The van der Waals surface area contributed by atoms with Crippen LogP contribution in [0.2, 0.25) is 0 Å². The highest BCUT2D eigenvalue weighted by Crippen LogP contribution is 2.26. The van der Waals surface area contributed by atoms with Crippen LogP contribution in [-0.2, 0) is 14.3 Å². The molecule has 106 valence electrons. The van der Waals surface area contributed by atoms with Crippen LogP contribution in [0.1, 0.15) is 19.3 Å². The third kappa shape index (κ3) is 2.67. The van der Waals surface area contributed by atoms with E-state index in [-0.39, 0.29) is 18.3 Å². The number of ether oxygens (including phenoxy) is 1. The summed E-state index contributed by atoms with van der Waals surface area (Å²) in [6.45, 7) is 1.35. The number of morpholine rings is 1. The number of cyclic esters (lactones) is 1. The number of nitrogens with one attached hydrogen (secondary N) is 1. The van der Waals surface area contributed by atoms with Crippen molar-refractivity contribution in [2.75, 3.05) is 18.5 Å². The van der Waals surface area contributed by atoms with Crippen molar-refractivity contribution in [3.63, 3.8) is 0 Å². The number of nitrogens with zero attached hydrogens (tertiary/aromatic N) is 1. The van der Waals surface area contributed by atoms with Crippen LogP contribution in [0.4, 0.5) is 5.69 Å². The van der Waals surface area contributed by atoms with Crippen LogP contribution in [-0.4, -0.2) is 42.0 Å². The zero-order chi connectivity index (χ0) is 13.9. The second-order valence-corrected chi connectivity index (χ2v) is 5.30. The Bertz CT molecular complexity index is 503. The summed E-state index contributed by atoms with van der Waals surface area (Å²) >= 11 is 0. The number of carbonyl (C=O) groups is 2. The molecule has 1 N–H and O–H groups in total. The molecule has 2 atom stereocenters. The van der Waals surface area contributed by atoms with Crippen LogP contribution in [0, 0.1) is 0 Å². The molecule has 2 aliphatic heterocycles. The summed E-state index contributed by atoms with van der Waals surface area (Å²) in [7, 11) is 0. The Labute approximate surface area is 117 Å². The van der Waals surface area contributed by atoms with Gasteiger partial charge in [-0.05, 0) is 31.5 Å². The van der Waals surface area contributed by atoms with Crippen molar-refractivity contribution in [3.05, 3.63) is 30.3 Å². The molecule has 3 rings (SSSR count). The fourth-order valence-electron chi connectivity index (χ4n) is 2.97. The molecule has 2 fully saturated rings. The maximum Gasteiger partial charge on any atom is 0.323 e. The minimum absolute atomic E-state index is 0.147. The Kier molecular flexibility index (Phi) is 3.69. The standard InChI is InChI=1S/C15H18N2O3/c18-14(16-11-5-2-1-3-6-11)9-13-15(19)20-10-12-7-4-8-17(12)13/h1-3,5-6,12-13H,4,7-10H2,(H,16,18)/t12-,13+/m0/s1. The van der Waals surface area contributed by atoms with Gasteiger partial charge >= 0.3 is 5.97 Å². The van der Waals surface area contributed by atoms with E-state index in [1.807, 2.05) is 30.3 Å². The summed E-state index contributed by atoms with van der Waals surface area (Å²) < 4.78 is 5.19. The Hall–Kier alpha value is -1.88. The van der Waals surface area contributed by atoms with E-state index in [1.165, 1.54) is 0 Å². The molecular weight excluding hydrogens is 256 g/mol. The summed E-state index contributed by atoms with van der Waals surface area (Å²) in [5.74, 6) is -0.419. The minimum atomic E-state index is -0.431. The molecule has 0 aliphatic carbocycles. The second-order valence-electron chi connectivity index (χ2n) is 5.30. The molecule has 0 radical (unpaired) electrons. The molecule has 0 aromatic heterocycles. The lowest BCUT2D eigenvalue weighted by Gasteiger charge is -2.35. The Morgan fingerprint density at radius 1 is 1.35 bits per heavy atom. The molecule has 2 aliphatic rings. The van der Waals surface area contributed by atoms with Crippen molar-refractivity contribution in [1.29, 1.82) is 0 Å². The number of amides is 1. The SMILES string of the molecule is O=C(C[C@@H]1C(=O)OC[C@@H]2CCCN21)Nc1ccccc1. The second kappa shape index (κ2) is 5.63. The molecule has 0 bridgehead atoms. The van der Waals surface area contributed by atoms with Crippen molar-refractivity contribution < 1.29 is 14.3 Å². The van der Waals surface area contributed by atoms with Gasteiger partial charge in [0.1, 0.15) is 12.6 Å². The van der Waals surface area contributed by atoms with Gasteiger partial charge in [0.05, 0.1) is 6.42 Å². The molecule has 0 saturated carbocycles. The molecule has 1 aromatic rings. The average Bonchev–Trinajstić information content (AvgIpc) is 2.92. The molecule has 5 nitrogen and oxygen atoms in total. The van der Waals surface area contributed by atoms with Crippen LogP contribution >= 0.6 is 0 Å². The van der Waals surface area contributed by atoms with Gasteiger partial charge in [0, 0.05) is 11.7 Å². The maximum absolute atomic E-state index is 12.1. The van der Waals surface area contributed by atoms with Gasteiger partial charge in [0.2, 0.25) is 5.91 Å². The summed E-state index contributed by atoms with van der Waals surface area (Å²) in [4.78, 5) is 26.1. The van der Waals surface area contributed by atoms with E-state index >= 15 is 0 Å². The average molecular weight is 274 g/mol. The number of anilines is 1. The zero-order valence-corrected chi connectivity index (χ0v) is 11.2. The first-order valence-corrected chi connectivity index (χ1v) is 7.01. The number of benzene rings is 1. The van der Waals surface area contributed by atoms with Crippen molar-refractivity contribution in [2.45, 2.75) is 31.3 Å². The monoisotopic (exact) mass is 274 g/mol. The highest BCUT2D eigenvalue weighted by atomic mass is 16.5.